The molecule has 1 N–H and O–H groups in total. The van der Waals surface area contributed by atoms with Crippen LogP contribution in [0.1, 0.15) is 22.2 Å². The number of aliphatic hydroxyl groups excluding tert-OH is 1. The van der Waals surface area contributed by atoms with Crippen LogP contribution in [-0.2, 0) is 4.79 Å². The van der Waals surface area contributed by atoms with Gasteiger partial charge >= 0.3 is 0 Å². The topological polar surface area (TPSA) is 126 Å². The van der Waals surface area contributed by atoms with Crippen molar-refractivity contribution in [3.63, 3.8) is 0 Å². The van der Waals surface area contributed by atoms with Gasteiger partial charge in [-0.25, -0.2) is 0 Å². The van der Waals surface area contributed by atoms with Gasteiger partial charge in [-0.05, 0) is 43.9 Å². The number of non-ortho nitro benzene ring substituents is 1. The number of aliphatic hydroxyl groups is 1. The molecule has 2 aromatic carbocycles. The van der Waals surface area contributed by atoms with E-state index in [1.165, 1.54) is 42.3 Å². The van der Waals surface area contributed by atoms with E-state index in [-0.39, 0.29) is 23.6 Å². The van der Waals surface area contributed by atoms with E-state index in [9.17, 15) is 24.8 Å². The fraction of sp³-hybridized carbons (Fsp3) is 0.250. The van der Waals surface area contributed by atoms with Crippen LogP contribution in [0.4, 0.5) is 5.69 Å². The molecule has 1 aromatic heterocycles. The number of benzene rings is 2. The lowest BCUT2D eigenvalue weighted by Gasteiger charge is -2.27. The molecule has 0 spiro atoms. The van der Waals surface area contributed by atoms with Crippen LogP contribution in [0.5, 0.6) is 5.75 Å². The predicted molar refractivity (Wildman–Crippen MR) is 123 cm³/mol. The van der Waals surface area contributed by atoms with Gasteiger partial charge in [0.2, 0.25) is 5.78 Å². The molecule has 3 aromatic rings. The van der Waals surface area contributed by atoms with Crippen molar-refractivity contribution in [3.05, 3.63) is 81.3 Å². The van der Waals surface area contributed by atoms with Crippen molar-refractivity contribution >= 4 is 28.3 Å². The quantitative estimate of drug-likeness (QED) is 0.304. The van der Waals surface area contributed by atoms with E-state index < -0.39 is 28.4 Å². The van der Waals surface area contributed by atoms with Crippen molar-refractivity contribution in [1.82, 2.24) is 9.80 Å². The number of furan rings is 1. The average molecular weight is 465 g/mol. The molecule has 0 fully saturated rings. The minimum absolute atomic E-state index is 0.0600. The summed E-state index contributed by atoms with van der Waals surface area (Å²) < 4.78 is 11.1. The minimum Gasteiger partial charge on any atom is -0.503 e. The molecule has 1 amide bonds. The first kappa shape index (κ1) is 23.0. The van der Waals surface area contributed by atoms with E-state index in [0.717, 1.165) is 0 Å². The van der Waals surface area contributed by atoms with Gasteiger partial charge in [-0.1, -0.05) is 12.1 Å². The number of nitro benzene ring substituents is 1. The van der Waals surface area contributed by atoms with E-state index in [1.807, 2.05) is 19.0 Å². The number of fused-ring (bicyclic) bond motifs is 1. The highest BCUT2D eigenvalue weighted by atomic mass is 16.6. The number of hydrogen-bond donors (Lipinski definition) is 1. The third-order valence-electron chi connectivity index (χ3n) is 5.71. The SMILES string of the molecule is COc1cccc2cc(C(=O)C3=C(O)C(=O)N(CCN(C)C)[C@@H]3c3ccc([N+](=O)[O-])cc3)oc12. The molecule has 0 unspecified atom stereocenters. The van der Waals surface area contributed by atoms with Gasteiger partial charge in [-0.15, -0.1) is 0 Å². The van der Waals surface area contributed by atoms with Crippen LogP contribution >= 0.6 is 0 Å². The average Bonchev–Trinajstić information content (AvgIpc) is 3.36. The van der Waals surface area contributed by atoms with E-state index in [4.69, 9.17) is 9.15 Å². The van der Waals surface area contributed by atoms with E-state index >= 15 is 0 Å². The highest BCUT2D eigenvalue weighted by Crippen LogP contribution is 2.40. The molecule has 0 aliphatic carbocycles. The van der Waals surface area contributed by atoms with Crippen molar-refractivity contribution in [1.29, 1.82) is 0 Å². The van der Waals surface area contributed by atoms with Crippen molar-refractivity contribution in [3.8, 4) is 5.75 Å². The van der Waals surface area contributed by atoms with Crippen LogP contribution in [0.2, 0.25) is 0 Å². The Hall–Kier alpha value is -4.18. The fourth-order valence-electron chi connectivity index (χ4n) is 3.99. The Bertz CT molecular complexity index is 1310. The van der Waals surface area contributed by atoms with Gasteiger partial charge in [0, 0.05) is 30.6 Å². The Balaban J connectivity index is 1.80. The molecule has 0 saturated heterocycles. The molecule has 10 nitrogen and oxygen atoms in total. The number of nitrogens with zero attached hydrogens (tertiary/aromatic N) is 3. The molecule has 176 valence electrons. The smallest absolute Gasteiger partial charge is 0.290 e. The van der Waals surface area contributed by atoms with Gasteiger partial charge in [-0.2, -0.15) is 0 Å². The van der Waals surface area contributed by atoms with Crippen molar-refractivity contribution in [2.45, 2.75) is 6.04 Å². The number of carbonyl (C=O) groups is 2. The number of rotatable bonds is 8. The molecule has 1 atom stereocenters. The number of carbonyl (C=O) groups excluding carboxylic acids is 2. The van der Waals surface area contributed by atoms with Gasteiger partial charge < -0.3 is 24.1 Å². The maximum absolute atomic E-state index is 13.6. The zero-order valence-electron chi connectivity index (χ0n) is 18.8. The monoisotopic (exact) mass is 465 g/mol. The number of hydrogen-bond acceptors (Lipinski definition) is 8. The Morgan fingerprint density at radius 2 is 1.94 bits per heavy atom. The number of Topliss-reactive ketones (excluding diaryl/α,β-unsaturated/α-hetero) is 1. The summed E-state index contributed by atoms with van der Waals surface area (Å²) in [5.74, 6) is -1.63. The molecule has 10 heteroatoms. The highest BCUT2D eigenvalue weighted by molar-refractivity contribution is 6.16. The van der Waals surface area contributed by atoms with Crippen LogP contribution in [0.25, 0.3) is 11.0 Å². The van der Waals surface area contributed by atoms with E-state index in [2.05, 4.69) is 0 Å². The van der Waals surface area contributed by atoms with Gasteiger partial charge in [-0.3, -0.25) is 19.7 Å². The normalized spacial score (nSPS) is 16.1. The summed E-state index contributed by atoms with van der Waals surface area (Å²) in [4.78, 5) is 40.3. The molecule has 4 rings (SSSR count). The maximum atomic E-state index is 13.6. The molecule has 34 heavy (non-hydrogen) atoms. The predicted octanol–water partition coefficient (Wildman–Crippen LogP) is 3.49. The molecule has 2 heterocycles. The lowest BCUT2D eigenvalue weighted by molar-refractivity contribution is -0.384. The van der Waals surface area contributed by atoms with E-state index in [1.54, 1.807) is 18.2 Å². The van der Waals surface area contributed by atoms with Gasteiger partial charge in [0.05, 0.1) is 23.6 Å². The van der Waals surface area contributed by atoms with Crippen LogP contribution in [0.15, 0.2) is 64.3 Å². The van der Waals surface area contributed by atoms with Crippen LogP contribution < -0.4 is 4.74 Å². The largest absolute Gasteiger partial charge is 0.503 e. The number of amides is 1. The second-order valence-electron chi connectivity index (χ2n) is 8.13. The summed E-state index contributed by atoms with van der Waals surface area (Å²) in [6.07, 6.45) is 0. The lowest BCUT2D eigenvalue weighted by atomic mass is 9.95. The van der Waals surface area contributed by atoms with Gasteiger partial charge in [0.25, 0.3) is 11.6 Å². The van der Waals surface area contributed by atoms with Crippen LogP contribution in [0.3, 0.4) is 0 Å². The molecular formula is C24H23N3O7. The lowest BCUT2D eigenvalue weighted by Crippen LogP contribution is -2.36. The number of nitro groups is 1. The Labute approximate surface area is 194 Å². The van der Waals surface area contributed by atoms with Gasteiger partial charge in [0.1, 0.15) is 0 Å². The zero-order valence-corrected chi connectivity index (χ0v) is 18.8. The Morgan fingerprint density at radius 3 is 2.56 bits per heavy atom. The summed E-state index contributed by atoms with van der Waals surface area (Å²) in [6.45, 7) is 0.702. The second kappa shape index (κ2) is 8.99. The standard InChI is InChI=1S/C24H23N3O7/c1-25(2)11-12-26-20(14-7-9-16(10-8-14)27(31)32)19(22(29)24(26)30)21(28)18-13-15-5-4-6-17(33-3)23(15)34-18/h4-10,13,20,29H,11-12H2,1-3H3/t20-/m1/s1. The summed E-state index contributed by atoms with van der Waals surface area (Å²) in [5, 5.41) is 22.5. The first-order valence-corrected chi connectivity index (χ1v) is 10.5. The third kappa shape index (κ3) is 3.99. The number of para-hydroxylation sites is 1. The van der Waals surface area contributed by atoms with Crippen molar-refractivity contribution < 1.29 is 28.8 Å². The van der Waals surface area contributed by atoms with Crippen LogP contribution in [-0.4, -0.2) is 65.8 Å². The number of ether oxygens (including phenoxy) is 1. The summed E-state index contributed by atoms with van der Waals surface area (Å²) in [5.41, 5.74) is 0.557. The minimum atomic E-state index is -0.934. The Kier molecular flexibility index (Phi) is 6.08. The molecule has 1 aliphatic heterocycles. The fourth-order valence-corrected chi connectivity index (χ4v) is 3.99. The molecule has 1 aliphatic rings. The molecule has 0 bridgehead atoms. The first-order chi connectivity index (χ1) is 16.2. The maximum Gasteiger partial charge on any atom is 0.290 e. The molecular weight excluding hydrogens is 442 g/mol. The number of likely N-dealkylation sites (N-methyl/N-ethyl adjacent to an activating group) is 1. The zero-order chi connectivity index (χ0) is 24.6. The summed E-state index contributed by atoms with van der Waals surface area (Å²) in [7, 11) is 5.15. The van der Waals surface area contributed by atoms with Crippen LogP contribution in [0, 0.1) is 10.1 Å². The number of methoxy groups -OCH3 is 1. The Morgan fingerprint density at radius 1 is 1.24 bits per heavy atom. The highest BCUT2D eigenvalue weighted by Gasteiger charge is 2.44. The van der Waals surface area contributed by atoms with Crippen molar-refractivity contribution in [2.24, 2.45) is 0 Å². The second-order valence-corrected chi connectivity index (χ2v) is 8.13. The third-order valence-corrected chi connectivity index (χ3v) is 5.71. The van der Waals surface area contributed by atoms with Crippen molar-refractivity contribution in [2.75, 3.05) is 34.3 Å². The molecule has 0 radical (unpaired) electrons. The summed E-state index contributed by atoms with van der Waals surface area (Å²) in [6, 6.07) is 11.3. The number of ketones is 1. The first-order valence-electron chi connectivity index (χ1n) is 10.5. The molecule has 0 saturated carbocycles. The summed E-state index contributed by atoms with van der Waals surface area (Å²) >= 11 is 0. The van der Waals surface area contributed by atoms with Gasteiger partial charge in [0.15, 0.2) is 22.9 Å². The van der Waals surface area contributed by atoms with E-state index in [0.29, 0.717) is 28.8 Å².